The fraction of sp³-hybridized carbons (Fsp3) is 0.286. The van der Waals surface area contributed by atoms with Crippen molar-refractivity contribution in [2.45, 2.75) is 25.4 Å². The highest BCUT2D eigenvalue weighted by Crippen LogP contribution is 2.32. The van der Waals surface area contributed by atoms with E-state index in [9.17, 15) is 14.4 Å². The number of benzene rings is 2. The summed E-state index contributed by atoms with van der Waals surface area (Å²) >= 11 is 0. The van der Waals surface area contributed by atoms with Crippen LogP contribution in [0.2, 0.25) is 0 Å². The van der Waals surface area contributed by atoms with Gasteiger partial charge in [0.15, 0.2) is 11.5 Å². The van der Waals surface area contributed by atoms with Crippen molar-refractivity contribution in [2.75, 3.05) is 18.5 Å². The van der Waals surface area contributed by atoms with E-state index in [1.54, 1.807) is 18.2 Å². The number of nitrogens with zero attached hydrogens (tertiary/aromatic N) is 1. The van der Waals surface area contributed by atoms with Gasteiger partial charge in [0.1, 0.15) is 19.3 Å². The first-order valence-electron chi connectivity index (χ1n) is 9.45. The molecule has 2 aliphatic rings. The number of hydrogen-bond acceptors (Lipinski definition) is 5. The van der Waals surface area contributed by atoms with Crippen LogP contribution in [0, 0.1) is 0 Å². The average Bonchev–Trinajstić information content (AvgIpc) is 3.00. The Balaban J connectivity index is 1.30. The second-order valence-corrected chi connectivity index (χ2v) is 6.86. The van der Waals surface area contributed by atoms with Gasteiger partial charge in [-0.15, -0.1) is 0 Å². The standard InChI is InChI=1S/C21H21N3O5/c25-19(22-15-6-8-17-18(12-15)29-11-10-28-17)9-7-16-20(26)24(21(27)23-16)13-14-4-2-1-3-5-14/h1-6,8,12,16H,7,9-11,13H2,(H,22,25)(H,23,27). The van der Waals surface area contributed by atoms with E-state index in [1.807, 2.05) is 30.3 Å². The minimum absolute atomic E-state index is 0.101. The zero-order valence-corrected chi connectivity index (χ0v) is 15.7. The lowest BCUT2D eigenvalue weighted by Gasteiger charge is -2.19. The molecule has 8 nitrogen and oxygen atoms in total. The summed E-state index contributed by atoms with van der Waals surface area (Å²) in [6.07, 6.45) is 0.330. The van der Waals surface area contributed by atoms with E-state index in [1.165, 1.54) is 4.90 Å². The summed E-state index contributed by atoms with van der Waals surface area (Å²) in [5.74, 6) is 0.673. The molecule has 0 saturated carbocycles. The Morgan fingerprint density at radius 1 is 1.07 bits per heavy atom. The number of carbonyl (C=O) groups excluding carboxylic acids is 3. The van der Waals surface area contributed by atoms with Crippen LogP contribution in [0.15, 0.2) is 48.5 Å². The number of nitrogens with one attached hydrogen (secondary N) is 2. The number of urea groups is 1. The van der Waals surface area contributed by atoms with Crippen LogP contribution in [0.4, 0.5) is 10.5 Å². The zero-order chi connectivity index (χ0) is 20.2. The summed E-state index contributed by atoms with van der Waals surface area (Å²) in [5, 5.41) is 5.44. The molecular formula is C21H21N3O5. The molecule has 0 aromatic heterocycles. The van der Waals surface area contributed by atoms with Gasteiger partial charge >= 0.3 is 6.03 Å². The van der Waals surface area contributed by atoms with Gasteiger partial charge in [-0.05, 0) is 24.1 Å². The molecule has 1 unspecified atom stereocenters. The lowest BCUT2D eigenvalue weighted by atomic mass is 10.1. The van der Waals surface area contributed by atoms with Crippen molar-refractivity contribution in [1.29, 1.82) is 0 Å². The Kier molecular flexibility index (Phi) is 5.33. The summed E-state index contributed by atoms with van der Waals surface area (Å²) < 4.78 is 11.0. The summed E-state index contributed by atoms with van der Waals surface area (Å²) in [5.41, 5.74) is 1.46. The highest BCUT2D eigenvalue weighted by Gasteiger charge is 2.37. The van der Waals surface area contributed by atoms with E-state index in [4.69, 9.17) is 9.47 Å². The molecule has 0 radical (unpaired) electrons. The highest BCUT2D eigenvalue weighted by atomic mass is 16.6. The van der Waals surface area contributed by atoms with Crippen molar-refractivity contribution in [2.24, 2.45) is 0 Å². The van der Waals surface area contributed by atoms with E-state index in [2.05, 4.69) is 10.6 Å². The first kappa shape index (κ1) is 18.8. The van der Waals surface area contributed by atoms with Crippen LogP contribution in [0.5, 0.6) is 11.5 Å². The zero-order valence-electron chi connectivity index (χ0n) is 15.7. The smallest absolute Gasteiger partial charge is 0.325 e. The molecular weight excluding hydrogens is 374 g/mol. The summed E-state index contributed by atoms with van der Waals surface area (Å²) in [6.45, 7) is 1.18. The first-order chi connectivity index (χ1) is 14.1. The lowest BCUT2D eigenvalue weighted by molar-refractivity contribution is -0.128. The van der Waals surface area contributed by atoms with Crippen LogP contribution >= 0.6 is 0 Å². The largest absolute Gasteiger partial charge is 0.486 e. The molecule has 2 heterocycles. The second-order valence-electron chi connectivity index (χ2n) is 6.86. The molecule has 1 atom stereocenters. The minimum atomic E-state index is -0.697. The molecule has 1 fully saturated rings. The molecule has 2 N–H and O–H groups in total. The molecule has 29 heavy (non-hydrogen) atoms. The fourth-order valence-electron chi connectivity index (χ4n) is 3.31. The first-order valence-corrected chi connectivity index (χ1v) is 9.45. The van der Waals surface area contributed by atoms with Crippen molar-refractivity contribution in [3.8, 4) is 11.5 Å². The van der Waals surface area contributed by atoms with E-state index in [0.29, 0.717) is 30.4 Å². The Labute approximate surface area is 167 Å². The number of rotatable bonds is 6. The van der Waals surface area contributed by atoms with E-state index in [-0.39, 0.29) is 31.2 Å². The van der Waals surface area contributed by atoms with Crippen molar-refractivity contribution in [3.05, 3.63) is 54.1 Å². The van der Waals surface area contributed by atoms with Gasteiger partial charge in [-0.25, -0.2) is 4.79 Å². The van der Waals surface area contributed by atoms with Gasteiger partial charge < -0.3 is 20.1 Å². The Morgan fingerprint density at radius 3 is 2.62 bits per heavy atom. The Hall–Kier alpha value is -3.55. The van der Waals surface area contributed by atoms with Gasteiger partial charge in [-0.2, -0.15) is 0 Å². The quantitative estimate of drug-likeness (QED) is 0.732. The normalized spacial score (nSPS) is 17.8. The van der Waals surface area contributed by atoms with Gasteiger partial charge in [0.2, 0.25) is 5.91 Å². The predicted molar refractivity (Wildman–Crippen MR) is 105 cm³/mol. The molecule has 1 saturated heterocycles. The van der Waals surface area contributed by atoms with Crippen LogP contribution in [0.1, 0.15) is 18.4 Å². The van der Waals surface area contributed by atoms with Gasteiger partial charge in [-0.1, -0.05) is 30.3 Å². The van der Waals surface area contributed by atoms with Crippen LogP contribution in [-0.4, -0.2) is 42.0 Å². The van der Waals surface area contributed by atoms with E-state index < -0.39 is 12.1 Å². The molecule has 0 aliphatic carbocycles. The maximum Gasteiger partial charge on any atom is 0.325 e. The van der Waals surface area contributed by atoms with Crippen LogP contribution in [-0.2, 0) is 16.1 Å². The molecule has 2 aromatic rings. The van der Waals surface area contributed by atoms with Gasteiger partial charge in [-0.3, -0.25) is 14.5 Å². The summed E-state index contributed by atoms with van der Waals surface area (Å²) in [7, 11) is 0. The minimum Gasteiger partial charge on any atom is -0.486 e. The fourth-order valence-corrected chi connectivity index (χ4v) is 3.31. The predicted octanol–water partition coefficient (Wildman–Crippen LogP) is 2.30. The van der Waals surface area contributed by atoms with Crippen LogP contribution in [0.25, 0.3) is 0 Å². The number of amides is 4. The Bertz CT molecular complexity index is 931. The monoisotopic (exact) mass is 395 g/mol. The number of ether oxygens (including phenoxy) is 2. The van der Waals surface area contributed by atoms with Gasteiger partial charge in [0, 0.05) is 18.2 Å². The molecule has 4 amide bonds. The van der Waals surface area contributed by atoms with Crippen molar-refractivity contribution < 1.29 is 23.9 Å². The third kappa shape index (κ3) is 4.31. The topological polar surface area (TPSA) is 97.0 Å². The molecule has 150 valence electrons. The molecule has 0 bridgehead atoms. The molecule has 4 rings (SSSR count). The number of fused-ring (bicyclic) bond motifs is 1. The number of carbonyl (C=O) groups is 3. The molecule has 2 aliphatic heterocycles. The third-order valence-corrected chi connectivity index (χ3v) is 4.78. The lowest BCUT2D eigenvalue weighted by Crippen LogP contribution is -2.31. The number of imide groups is 1. The van der Waals surface area contributed by atoms with Crippen molar-refractivity contribution in [1.82, 2.24) is 10.2 Å². The number of hydrogen-bond donors (Lipinski definition) is 2. The Morgan fingerprint density at radius 2 is 1.83 bits per heavy atom. The average molecular weight is 395 g/mol. The molecule has 2 aromatic carbocycles. The maximum atomic E-state index is 12.5. The summed E-state index contributed by atoms with van der Waals surface area (Å²) in [4.78, 5) is 38.1. The summed E-state index contributed by atoms with van der Waals surface area (Å²) in [6, 6.07) is 13.3. The van der Waals surface area contributed by atoms with Crippen molar-refractivity contribution in [3.63, 3.8) is 0 Å². The SMILES string of the molecule is O=C(CCC1NC(=O)N(Cc2ccccc2)C1=O)Nc1ccc2c(c1)OCCO2. The van der Waals surface area contributed by atoms with Crippen molar-refractivity contribution >= 4 is 23.5 Å². The number of anilines is 1. The van der Waals surface area contributed by atoms with Gasteiger partial charge in [0.05, 0.1) is 6.54 Å². The van der Waals surface area contributed by atoms with Gasteiger partial charge in [0.25, 0.3) is 5.91 Å². The molecule has 0 spiro atoms. The maximum absolute atomic E-state index is 12.5. The van der Waals surface area contributed by atoms with E-state index in [0.717, 1.165) is 5.56 Å². The third-order valence-electron chi connectivity index (χ3n) is 4.78. The molecule has 8 heteroatoms. The van der Waals surface area contributed by atoms with Crippen LogP contribution < -0.4 is 20.1 Å². The van der Waals surface area contributed by atoms with E-state index >= 15 is 0 Å². The second kappa shape index (κ2) is 8.22. The van der Waals surface area contributed by atoms with Crippen LogP contribution in [0.3, 0.4) is 0 Å². The highest BCUT2D eigenvalue weighted by molar-refractivity contribution is 6.04.